The predicted octanol–water partition coefficient (Wildman–Crippen LogP) is 2.74. The van der Waals surface area contributed by atoms with E-state index in [9.17, 15) is 9.90 Å². The SMILES string of the molecule is CC1(C)C=Cc2c(ccc(/C=N/NC(=O)c3ccccn3)c2O)O1. The molecule has 2 heterocycles. The molecule has 3 rings (SSSR count). The summed E-state index contributed by atoms with van der Waals surface area (Å²) >= 11 is 0. The first kappa shape index (κ1) is 15.7. The third kappa shape index (κ3) is 3.27. The van der Waals surface area contributed by atoms with Crippen LogP contribution in [0.2, 0.25) is 0 Å². The number of rotatable bonds is 3. The average Bonchev–Trinajstić information content (AvgIpc) is 2.56. The second kappa shape index (κ2) is 6.16. The molecule has 24 heavy (non-hydrogen) atoms. The van der Waals surface area contributed by atoms with Crippen LogP contribution in [0.3, 0.4) is 0 Å². The highest BCUT2D eigenvalue weighted by molar-refractivity contribution is 5.93. The summed E-state index contributed by atoms with van der Waals surface area (Å²) in [6.07, 6.45) is 6.60. The molecular formula is C18H17N3O3. The van der Waals surface area contributed by atoms with Gasteiger partial charge in [0.05, 0.1) is 11.8 Å². The Morgan fingerprint density at radius 1 is 1.33 bits per heavy atom. The zero-order valence-corrected chi connectivity index (χ0v) is 13.4. The molecule has 1 amide bonds. The van der Waals surface area contributed by atoms with Crippen LogP contribution in [0.4, 0.5) is 0 Å². The molecular weight excluding hydrogens is 306 g/mol. The summed E-state index contributed by atoms with van der Waals surface area (Å²) in [5, 5.41) is 14.2. The number of hydrazone groups is 1. The number of carbonyl (C=O) groups excluding carboxylic acids is 1. The minimum atomic E-state index is -0.422. The van der Waals surface area contributed by atoms with E-state index in [2.05, 4.69) is 15.5 Å². The van der Waals surface area contributed by atoms with E-state index in [4.69, 9.17) is 4.74 Å². The molecule has 0 aliphatic carbocycles. The number of phenols is 1. The summed E-state index contributed by atoms with van der Waals surface area (Å²) in [5.74, 6) is 0.235. The van der Waals surface area contributed by atoms with Gasteiger partial charge >= 0.3 is 0 Å². The first-order valence-electron chi connectivity index (χ1n) is 7.45. The monoisotopic (exact) mass is 323 g/mol. The Hall–Kier alpha value is -3.15. The Morgan fingerprint density at radius 3 is 2.92 bits per heavy atom. The van der Waals surface area contributed by atoms with E-state index < -0.39 is 11.5 Å². The van der Waals surface area contributed by atoms with Crippen molar-refractivity contribution in [2.75, 3.05) is 0 Å². The van der Waals surface area contributed by atoms with Crippen molar-refractivity contribution in [3.8, 4) is 11.5 Å². The van der Waals surface area contributed by atoms with E-state index in [0.717, 1.165) is 0 Å². The summed E-state index contributed by atoms with van der Waals surface area (Å²) < 4.78 is 5.79. The molecule has 2 aromatic rings. The lowest BCUT2D eigenvalue weighted by molar-refractivity contribution is 0.0950. The fraction of sp³-hybridized carbons (Fsp3) is 0.167. The highest BCUT2D eigenvalue weighted by Crippen LogP contribution is 2.37. The Kier molecular flexibility index (Phi) is 4.04. The lowest BCUT2D eigenvalue weighted by Gasteiger charge is -2.28. The van der Waals surface area contributed by atoms with Crippen LogP contribution in [-0.4, -0.2) is 27.8 Å². The first-order chi connectivity index (χ1) is 11.5. The van der Waals surface area contributed by atoms with Gasteiger partial charge in [0.15, 0.2) is 0 Å². The van der Waals surface area contributed by atoms with Crippen molar-refractivity contribution >= 4 is 18.2 Å². The third-order valence-corrected chi connectivity index (χ3v) is 3.50. The molecule has 0 spiro atoms. The number of amides is 1. The Bertz CT molecular complexity index is 827. The van der Waals surface area contributed by atoms with Gasteiger partial charge in [-0.1, -0.05) is 6.07 Å². The largest absolute Gasteiger partial charge is 0.506 e. The number of hydrogen-bond acceptors (Lipinski definition) is 5. The molecule has 0 radical (unpaired) electrons. The molecule has 6 nitrogen and oxygen atoms in total. The lowest BCUT2D eigenvalue weighted by atomic mass is 10.00. The zero-order valence-electron chi connectivity index (χ0n) is 13.4. The minimum absolute atomic E-state index is 0.0510. The number of aromatic hydroxyl groups is 1. The molecule has 2 N–H and O–H groups in total. The molecule has 0 unspecified atom stereocenters. The average molecular weight is 323 g/mol. The summed E-state index contributed by atoms with van der Waals surface area (Å²) in [6.45, 7) is 3.87. The Morgan fingerprint density at radius 2 is 2.17 bits per heavy atom. The number of aromatic nitrogens is 1. The number of hydrogen-bond donors (Lipinski definition) is 2. The van der Waals surface area contributed by atoms with E-state index in [0.29, 0.717) is 16.9 Å². The van der Waals surface area contributed by atoms with E-state index >= 15 is 0 Å². The Labute approximate surface area is 139 Å². The molecule has 0 bridgehead atoms. The van der Waals surface area contributed by atoms with E-state index in [1.807, 2.05) is 26.0 Å². The van der Waals surface area contributed by atoms with Crippen LogP contribution in [0, 0.1) is 0 Å². The van der Waals surface area contributed by atoms with Gasteiger partial charge in [-0.05, 0) is 50.3 Å². The zero-order chi connectivity index (χ0) is 17.2. The molecule has 6 heteroatoms. The van der Waals surface area contributed by atoms with Gasteiger partial charge in [0.25, 0.3) is 5.91 Å². The molecule has 1 aliphatic rings. The summed E-state index contributed by atoms with van der Waals surface area (Å²) in [4.78, 5) is 15.8. The number of carbonyl (C=O) groups is 1. The van der Waals surface area contributed by atoms with Crippen molar-refractivity contribution in [2.45, 2.75) is 19.4 Å². The number of pyridine rings is 1. The topological polar surface area (TPSA) is 83.8 Å². The van der Waals surface area contributed by atoms with Crippen LogP contribution in [0.25, 0.3) is 6.08 Å². The predicted molar refractivity (Wildman–Crippen MR) is 91.1 cm³/mol. The molecule has 0 fully saturated rings. The summed E-state index contributed by atoms with van der Waals surface area (Å²) in [6, 6.07) is 8.48. The summed E-state index contributed by atoms with van der Waals surface area (Å²) in [5.41, 5.74) is 3.30. The van der Waals surface area contributed by atoms with Crippen molar-refractivity contribution in [3.63, 3.8) is 0 Å². The fourth-order valence-electron chi connectivity index (χ4n) is 2.28. The Balaban J connectivity index is 1.76. The number of benzene rings is 1. The van der Waals surface area contributed by atoms with E-state index in [1.165, 1.54) is 12.4 Å². The maximum Gasteiger partial charge on any atom is 0.289 e. The van der Waals surface area contributed by atoms with Gasteiger partial charge in [-0.15, -0.1) is 0 Å². The van der Waals surface area contributed by atoms with Crippen LogP contribution in [0.15, 0.2) is 47.7 Å². The first-order valence-corrected chi connectivity index (χ1v) is 7.45. The minimum Gasteiger partial charge on any atom is -0.506 e. The summed E-state index contributed by atoms with van der Waals surface area (Å²) in [7, 11) is 0. The van der Waals surface area contributed by atoms with Crippen LogP contribution >= 0.6 is 0 Å². The smallest absolute Gasteiger partial charge is 0.289 e. The van der Waals surface area contributed by atoms with Gasteiger partial charge in [0.2, 0.25) is 0 Å². The van der Waals surface area contributed by atoms with Crippen molar-refractivity contribution in [2.24, 2.45) is 5.10 Å². The maximum absolute atomic E-state index is 11.8. The number of nitrogens with one attached hydrogen (secondary N) is 1. The second-order valence-corrected chi connectivity index (χ2v) is 5.87. The molecule has 122 valence electrons. The van der Waals surface area contributed by atoms with Gasteiger partial charge in [0, 0.05) is 11.8 Å². The van der Waals surface area contributed by atoms with Crippen molar-refractivity contribution in [1.29, 1.82) is 0 Å². The van der Waals surface area contributed by atoms with Crippen molar-refractivity contribution in [1.82, 2.24) is 10.4 Å². The maximum atomic E-state index is 11.8. The molecule has 0 saturated heterocycles. The normalized spacial score (nSPS) is 14.9. The number of ether oxygens (including phenoxy) is 1. The van der Waals surface area contributed by atoms with Gasteiger partial charge in [-0.25, -0.2) is 5.43 Å². The van der Waals surface area contributed by atoms with Crippen LogP contribution in [0.5, 0.6) is 11.5 Å². The number of phenolic OH excluding ortho intramolecular Hbond substituents is 1. The van der Waals surface area contributed by atoms with Crippen molar-refractivity contribution < 1.29 is 14.6 Å². The van der Waals surface area contributed by atoms with Gasteiger partial charge in [-0.2, -0.15) is 5.10 Å². The molecule has 0 atom stereocenters. The van der Waals surface area contributed by atoms with E-state index in [1.54, 1.807) is 30.3 Å². The molecule has 1 aliphatic heterocycles. The number of fused-ring (bicyclic) bond motifs is 1. The molecule has 0 saturated carbocycles. The molecule has 1 aromatic carbocycles. The fourth-order valence-corrected chi connectivity index (χ4v) is 2.28. The van der Waals surface area contributed by atoms with Gasteiger partial charge < -0.3 is 9.84 Å². The van der Waals surface area contributed by atoms with Crippen LogP contribution in [-0.2, 0) is 0 Å². The lowest BCUT2D eigenvalue weighted by Crippen LogP contribution is -2.27. The number of nitrogens with zero attached hydrogens (tertiary/aromatic N) is 2. The highest BCUT2D eigenvalue weighted by Gasteiger charge is 2.24. The molecule has 1 aromatic heterocycles. The van der Waals surface area contributed by atoms with E-state index in [-0.39, 0.29) is 11.4 Å². The second-order valence-electron chi connectivity index (χ2n) is 5.87. The quantitative estimate of drug-likeness (QED) is 0.672. The van der Waals surface area contributed by atoms with Gasteiger partial charge in [-0.3, -0.25) is 9.78 Å². The standard InChI is InChI=1S/C18H17N3O3/c1-18(2)9-8-13-15(24-18)7-6-12(16(13)22)11-20-21-17(23)14-5-3-4-10-19-14/h3-11,22H,1-2H3,(H,21,23)/b20-11+. The van der Waals surface area contributed by atoms with Crippen molar-refractivity contribution in [3.05, 3.63) is 59.4 Å². The van der Waals surface area contributed by atoms with Crippen LogP contribution < -0.4 is 10.2 Å². The van der Waals surface area contributed by atoms with Gasteiger partial charge in [0.1, 0.15) is 22.8 Å². The van der Waals surface area contributed by atoms with Crippen LogP contribution in [0.1, 0.15) is 35.5 Å². The third-order valence-electron chi connectivity index (χ3n) is 3.50. The highest BCUT2D eigenvalue weighted by atomic mass is 16.5.